The topological polar surface area (TPSA) is 136 Å². The average molecular weight is 259 g/mol. The largest absolute Gasteiger partial charge is 0.394 e. The van der Waals surface area contributed by atoms with Gasteiger partial charge in [-0.25, -0.2) is 0 Å². The summed E-state index contributed by atoms with van der Waals surface area (Å²) in [4.78, 5) is 11.8. The van der Waals surface area contributed by atoms with Crippen LogP contribution in [0.4, 0.5) is 11.9 Å². The Bertz CT molecular complexity index is 352. The molecule has 0 aliphatic carbocycles. The molecule has 9 nitrogen and oxygen atoms in total. The molecule has 0 fully saturated rings. The van der Waals surface area contributed by atoms with Crippen LogP contribution in [0.3, 0.4) is 0 Å². The quantitative estimate of drug-likeness (QED) is 0.303. The normalized spacial score (nSPS) is 10.6. The number of nitrogens with two attached hydrogens (primary N) is 1. The van der Waals surface area contributed by atoms with Crippen molar-refractivity contribution in [3.8, 4) is 0 Å². The van der Waals surface area contributed by atoms with Gasteiger partial charge < -0.3 is 30.7 Å². The van der Waals surface area contributed by atoms with Crippen LogP contribution in [0.25, 0.3) is 0 Å². The van der Waals surface area contributed by atoms with E-state index >= 15 is 0 Å². The van der Waals surface area contributed by atoms with Gasteiger partial charge in [0.25, 0.3) is 0 Å². The van der Waals surface area contributed by atoms with Crippen LogP contribution in [-0.4, -0.2) is 58.3 Å². The number of nitrogens with zero attached hydrogens (tertiary/aromatic N) is 3. The van der Waals surface area contributed by atoms with Crippen molar-refractivity contribution in [2.75, 3.05) is 44.2 Å². The molecule has 5 N–H and O–H groups in total. The lowest BCUT2D eigenvalue weighted by molar-refractivity contribution is 0.0776. The first kappa shape index (κ1) is 14.5. The molecule has 0 saturated heterocycles. The predicted molar refractivity (Wildman–Crippen MR) is 62.5 cm³/mol. The van der Waals surface area contributed by atoms with E-state index in [9.17, 15) is 0 Å². The Morgan fingerprint density at radius 2 is 1.78 bits per heavy atom. The van der Waals surface area contributed by atoms with E-state index in [0.29, 0.717) is 5.82 Å². The van der Waals surface area contributed by atoms with E-state index in [1.165, 1.54) is 0 Å². The Kier molecular flexibility index (Phi) is 6.87. The molecular weight excluding hydrogens is 242 g/mol. The maximum Gasteiger partial charge on any atom is 0.229 e. The minimum atomic E-state index is -0.0688. The summed E-state index contributed by atoms with van der Waals surface area (Å²) in [5.41, 5.74) is 5.51. The van der Waals surface area contributed by atoms with E-state index in [-0.39, 0.29) is 51.7 Å². The lowest BCUT2D eigenvalue weighted by Gasteiger charge is -2.07. The van der Waals surface area contributed by atoms with Crippen molar-refractivity contribution < 1.29 is 19.7 Å². The van der Waals surface area contributed by atoms with Gasteiger partial charge in [-0.2, -0.15) is 15.0 Å². The van der Waals surface area contributed by atoms with Gasteiger partial charge in [0.05, 0.1) is 26.4 Å². The SMILES string of the molecule is Nc1nc(COCCO)nc(NCOCCO)n1. The maximum absolute atomic E-state index is 8.57. The van der Waals surface area contributed by atoms with E-state index in [2.05, 4.69) is 20.3 Å². The van der Waals surface area contributed by atoms with Crippen LogP contribution < -0.4 is 11.1 Å². The van der Waals surface area contributed by atoms with Gasteiger partial charge in [-0.05, 0) is 0 Å². The van der Waals surface area contributed by atoms with Crippen molar-refractivity contribution >= 4 is 11.9 Å². The standard InChI is InChI=1S/C9H17N5O4/c10-8-12-7(5-17-3-1-15)13-9(14-8)11-6-18-4-2-16/h15-16H,1-6H2,(H3,10,11,12,13,14). The van der Waals surface area contributed by atoms with Gasteiger partial charge in [0, 0.05) is 0 Å². The van der Waals surface area contributed by atoms with Crippen molar-refractivity contribution in [1.82, 2.24) is 15.0 Å². The zero-order chi connectivity index (χ0) is 13.2. The van der Waals surface area contributed by atoms with E-state index in [1.807, 2.05) is 0 Å². The fourth-order valence-electron chi connectivity index (χ4n) is 1.06. The van der Waals surface area contributed by atoms with E-state index in [4.69, 9.17) is 25.4 Å². The molecule has 9 heteroatoms. The highest BCUT2D eigenvalue weighted by Gasteiger charge is 2.04. The van der Waals surface area contributed by atoms with E-state index < -0.39 is 0 Å². The van der Waals surface area contributed by atoms with Crippen LogP contribution in [0.15, 0.2) is 0 Å². The molecule has 0 aliphatic heterocycles. The molecule has 18 heavy (non-hydrogen) atoms. The number of aliphatic hydroxyl groups is 2. The maximum atomic E-state index is 8.57. The third kappa shape index (κ3) is 5.68. The molecule has 0 unspecified atom stereocenters. The zero-order valence-corrected chi connectivity index (χ0v) is 9.87. The molecule has 1 heterocycles. The van der Waals surface area contributed by atoms with Crippen molar-refractivity contribution in [2.45, 2.75) is 6.61 Å². The van der Waals surface area contributed by atoms with Gasteiger partial charge in [0.15, 0.2) is 5.82 Å². The number of rotatable bonds is 9. The molecule has 102 valence electrons. The van der Waals surface area contributed by atoms with Crippen molar-refractivity contribution in [3.63, 3.8) is 0 Å². The number of nitrogens with one attached hydrogen (secondary N) is 1. The summed E-state index contributed by atoms with van der Waals surface area (Å²) < 4.78 is 10.1. The average Bonchev–Trinajstić information content (AvgIpc) is 2.34. The molecule has 0 atom stereocenters. The molecule has 0 radical (unpaired) electrons. The summed E-state index contributed by atoms with van der Waals surface area (Å²) in [6, 6.07) is 0. The first-order chi connectivity index (χ1) is 8.76. The molecule has 1 rings (SSSR count). The Balaban J connectivity index is 2.46. The molecular formula is C9H17N5O4. The first-order valence-electron chi connectivity index (χ1n) is 5.37. The number of aliphatic hydroxyl groups excluding tert-OH is 2. The van der Waals surface area contributed by atoms with Crippen LogP contribution >= 0.6 is 0 Å². The first-order valence-corrected chi connectivity index (χ1v) is 5.37. The molecule has 0 saturated carbocycles. The van der Waals surface area contributed by atoms with Gasteiger partial charge >= 0.3 is 0 Å². The number of anilines is 2. The third-order valence-electron chi connectivity index (χ3n) is 1.73. The summed E-state index contributed by atoms with van der Waals surface area (Å²) in [7, 11) is 0. The van der Waals surface area contributed by atoms with Crippen LogP contribution in [0, 0.1) is 0 Å². The fraction of sp³-hybridized carbons (Fsp3) is 0.667. The van der Waals surface area contributed by atoms with Crippen LogP contribution in [-0.2, 0) is 16.1 Å². The number of hydrogen-bond acceptors (Lipinski definition) is 9. The Hall–Kier alpha value is -1.55. The smallest absolute Gasteiger partial charge is 0.229 e. The van der Waals surface area contributed by atoms with Gasteiger partial charge in [0.2, 0.25) is 11.9 Å². The summed E-state index contributed by atoms with van der Waals surface area (Å²) in [5, 5.41) is 19.9. The minimum absolute atomic E-state index is 0.0543. The highest BCUT2D eigenvalue weighted by Crippen LogP contribution is 2.03. The number of aromatic nitrogens is 3. The second-order valence-electron chi connectivity index (χ2n) is 3.16. The van der Waals surface area contributed by atoms with Gasteiger partial charge in [-0.15, -0.1) is 0 Å². The molecule has 1 aromatic rings. The minimum Gasteiger partial charge on any atom is -0.394 e. The number of nitrogen functional groups attached to an aromatic ring is 1. The third-order valence-corrected chi connectivity index (χ3v) is 1.73. The molecule has 1 aromatic heterocycles. The highest BCUT2D eigenvalue weighted by molar-refractivity contribution is 5.30. The summed E-state index contributed by atoms with van der Waals surface area (Å²) in [6.45, 7) is 0.594. The molecule has 0 aliphatic rings. The van der Waals surface area contributed by atoms with Crippen molar-refractivity contribution in [3.05, 3.63) is 5.82 Å². The Morgan fingerprint density at radius 1 is 1.06 bits per heavy atom. The number of ether oxygens (including phenoxy) is 2. The number of hydrogen-bond donors (Lipinski definition) is 4. The van der Waals surface area contributed by atoms with Gasteiger partial charge in [0.1, 0.15) is 13.3 Å². The van der Waals surface area contributed by atoms with Crippen LogP contribution in [0.5, 0.6) is 0 Å². The van der Waals surface area contributed by atoms with Gasteiger partial charge in [-0.3, -0.25) is 0 Å². The fourth-order valence-corrected chi connectivity index (χ4v) is 1.06. The second kappa shape index (κ2) is 8.53. The summed E-state index contributed by atoms with van der Waals surface area (Å²) in [5.74, 6) is 0.695. The van der Waals surface area contributed by atoms with Crippen molar-refractivity contribution in [2.24, 2.45) is 0 Å². The summed E-state index contributed by atoms with van der Waals surface area (Å²) >= 11 is 0. The highest BCUT2D eigenvalue weighted by atomic mass is 16.5. The lowest BCUT2D eigenvalue weighted by Crippen LogP contribution is -2.14. The molecule has 0 spiro atoms. The van der Waals surface area contributed by atoms with Crippen LogP contribution in [0.2, 0.25) is 0 Å². The van der Waals surface area contributed by atoms with E-state index in [1.54, 1.807) is 0 Å². The predicted octanol–water partition coefficient (Wildman–Crippen LogP) is -1.66. The summed E-state index contributed by atoms with van der Waals surface area (Å²) in [6.07, 6.45) is 0. The van der Waals surface area contributed by atoms with E-state index in [0.717, 1.165) is 0 Å². The monoisotopic (exact) mass is 259 g/mol. The molecule has 0 amide bonds. The van der Waals surface area contributed by atoms with Crippen molar-refractivity contribution in [1.29, 1.82) is 0 Å². The second-order valence-corrected chi connectivity index (χ2v) is 3.16. The Morgan fingerprint density at radius 3 is 2.50 bits per heavy atom. The lowest BCUT2D eigenvalue weighted by atomic mass is 10.6. The van der Waals surface area contributed by atoms with Crippen LogP contribution in [0.1, 0.15) is 5.82 Å². The Labute approximate surface area is 104 Å². The zero-order valence-electron chi connectivity index (χ0n) is 9.87. The molecule has 0 aromatic carbocycles. The van der Waals surface area contributed by atoms with Gasteiger partial charge in [-0.1, -0.05) is 0 Å². The molecule has 0 bridgehead atoms.